The molecule has 2 nitrogen and oxygen atoms in total. The minimum Gasteiger partial charge on any atom is -0.354 e. The molecular weight excluding hydrogens is 150 g/mol. The van der Waals surface area contributed by atoms with E-state index in [4.69, 9.17) is 0 Å². The second-order valence-electron chi connectivity index (χ2n) is 4.66. The van der Waals surface area contributed by atoms with Gasteiger partial charge in [0, 0.05) is 13.0 Å². The van der Waals surface area contributed by atoms with Crippen LogP contribution in [0.5, 0.6) is 0 Å². The highest BCUT2D eigenvalue weighted by Gasteiger charge is 2.27. The molecule has 0 saturated heterocycles. The predicted molar refractivity (Wildman–Crippen MR) is 49.9 cm³/mol. The maximum atomic E-state index is 10.8. The van der Waals surface area contributed by atoms with Crippen molar-refractivity contribution in [1.29, 1.82) is 0 Å². The molecule has 0 aliphatic heterocycles. The number of rotatable bonds is 1. The molecule has 1 fully saturated rings. The van der Waals surface area contributed by atoms with Crippen LogP contribution in [-0.2, 0) is 4.79 Å². The summed E-state index contributed by atoms with van der Waals surface area (Å²) in [6.45, 7) is 6.16. The van der Waals surface area contributed by atoms with Gasteiger partial charge in [0.25, 0.3) is 0 Å². The average molecular weight is 169 g/mol. The maximum absolute atomic E-state index is 10.8. The molecule has 1 N–H and O–H groups in total. The van der Waals surface area contributed by atoms with Crippen LogP contribution in [0.2, 0.25) is 0 Å². The van der Waals surface area contributed by atoms with E-state index in [2.05, 4.69) is 19.2 Å². The zero-order chi connectivity index (χ0) is 9.19. The molecule has 70 valence electrons. The van der Waals surface area contributed by atoms with Crippen LogP contribution in [-0.4, -0.2) is 11.9 Å². The van der Waals surface area contributed by atoms with Gasteiger partial charge in [-0.25, -0.2) is 0 Å². The van der Waals surface area contributed by atoms with Crippen LogP contribution in [0.15, 0.2) is 0 Å². The molecule has 1 amide bonds. The zero-order valence-electron chi connectivity index (χ0n) is 8.31. The number of nitrogens with one attached hydrogen (secondary N) is 1. The van der Waals surface area contributed by atoms with Crippen LogP contribution < -0.4 is 5.32 Å². The first-order valence-corrected chi connectivity index (χ1v) is 4.77. The summed E-state index contributed by atoms with van der Waals surface area (Å²) in [7, 11) is 0. The van der Waals surface area contributed by atoms with Crippen molar-refractivity contribution in [2.75, 3.05) is 0 Å². The fourth-order valence-corrected chi connectivity index (χ4v) is 2.11. The Labute approximate surface area is 74.7 Å². The highest BCUT2D eigenvalue weighted by molar-refractivity contribution is 5.73. The van der Waals surface area contributed by atoms with Crippen molar-refractivity contribution in [3.8, 4) is 0 Å². The van der Waals surface area contributed by atoms with Gasteiger partial charge >= 0.3 is 0 Å². The highest BCUT2D eigenvalue weighted by Crippen LogP contribution is 2.34. The van der Waals surface area contributed by atoms with Gasteiger partial charge in [-0.05, 0) is 24.7 Å². The molecule has 12 heavy (non-hydrogen) atoms. The van der Waals surface area contributed by atoms with E-state index in [0.29, 0.717) is 11.5 Å². The summed E-state index contributed by atoms with van der Waals surface area (Å²) in [5.41, 5.74) is 0.422. The van der Waals surface area contributed by atoms with Gasteiger partial charge in [0.1, 0.15) is 0 Å². The van der Waals surface area contributed by atoms with Gasteiger partial charge in [0.05, 0.1) is 0 Å². The van der Waals surface area contributed by atoms with E-state index < -0.39 is 0 Å². The first kappa shape index (κ1) is 9.56. The van der Waals surface area contributed by atoms with Gasteiger partial charge in [0.2, 0.25) is 5.91 Å². The SMILES string of the molecule is CC(=O)N[C@@H]1CCCC(C)(C)C1. The molecule has 1 aliphatic rings. The largest absolute Gasteiger partial charge is 0.354 e. The van der Waals surface area contributed by atoms with E-state index >= 15 is 0 Å². The Morgan fingerprint density at radius 3 is 2.67 bits per heavy atom. The minimum absolute atomic E-state index is 0.109. The van der Waals surface area contributed by atoms with E-state index in [-0.39, 0.29) is 5.91 Å². The Morgan fingerprint density at radius 1 is 1.50 bits per heavy atom. The first-order chi connectivity index (χ1) is 5.49. The van der Waals surface area contributed by atoms with Crippen molar-refractivity contribution < 1.29 is 4.79 Å². The number of hydrogen-bond acceptors (Lipinski definition) is 1. The van der Waals surface area contributed by atoms with Crippen molar-refractivity contribution in [3.63, 3.8) is 0 Å². The molecular formula is C10H19NO. The number of hydrogen-bond donors (Lipinski definition) is 1. The summed E-state index contributed by atoms with van der Waals surface area (Å²) in [4.78, 5) is 10.8. The lowest BCUT2D eigenvalue weighted by Crippen LogP contribution is -2.39. The molecule has 0 aromatic carbocycles. The van der Waals surface area contributed by atoms with Gasteiger partial charge < -0.3 is 5.32 Å². The Hall–Kier alpha value is -0.530. The number of carbonyl (C=O) groups excluding carboxylic acids is 1. The Kier molecular flexibility index (Phi) is 2.76. The summed E-state index contributed by atoms with van der Waals surface area (Å²) in [5.74, 6) is 0.109. The van der Waals surface area contributed by atoms with Crippen LogP contribution in [0.3, 0.4) is 0 Å². The molecule has 0 bridgehead atoms. The molecule has 1 saturated carbocycles. The standard InChI is InChI=1S/C10H19NO/c1-8(12)11-9-5-4-6-10(2,3)7-9/h9H,4-7H2,1-3H3,(H,11,12)/t9-/m1/s1. The van der Waals surface area contributed by atoms with Gasteiger partial charge in [-0.2, -0.15) is 0 Å². The van der Waals surface area contributed by atoms with Crippen molar-refractivity contribution in [2.24, 2.45) is 5.41 Å². The normalized spacial score (nSPS) is 28.1. The second-order valence-corrected chi connectivity index (χ2v) is 4.66. The monoisotopic (exact) mass is 169 g/mol. The molecule has 1 aliphatic carbocycles. The fourth-order valence-electron chi connectivity index (χ4n) is 2.11. The molecule has 0 radical (unpaired) electrons. The molecule has 0 aromatic heterocycles. The van der Waals surface area contributed by atoms with Crippen molar-refractivity contribution >= 4 is 5.91 Å². The molecule has 1 rings (SSSR count). The van der Waals surface area contributed by atoms with Gasteiger partial charge in [-0.3, -0.25) is 4.79 Å². The number of amides is 1. The molecule has 0 aromatic rings. The lowest BCUT2D eigenvalue weighted by atomic mass is 9.75. The summed E-state index contributed by atoms with van der Waals surface area (Å²) in [6.07, 6.45) is 4.83. The van der Waals surface area contributed by atoms with Crippen LogP contribution >= 0.6 is 0 Å². The molecule has 0 spiro atoms. The van der Waals surface area contributed by atoms with E-state index in [1.54, 1.807) is 6.92 Å². The van der Waals surface area contributed by atoms with Crippen LogP contribution in [0.4, 0.5) is 0 Å². The lowest BCUT2D eigenvalue weighted by molar-refractivity contribution is -0.120. The zero-order valence-corrected chi connectivity index (χ0v) is 8.31. The summed E-state index contributed by atoms with van der Waals surface area (Å²) in [5, 5.41) is 3.00. The van der Waals surface area contributed by atoms with Crippen molar-refractivity contribution in [2.45, 2.75) is 52.5 Å². The smallest absolute Gasteiger partial charge is 0.217 e. The summed E-state index contributed by atoms with van der Waals surface area (Å²) in [6, 6.07) is 0.422. The van der Waals surface area contributed by atoms with E-state index in [0.717, 1.165) is 12.8 Å². The van der Waals surface area contributed by atoms with Crippen LogP contribution in [0.1, 0.15) is 46.5 Å². The average Bonchev–Trinajstić information content (AvgIpc) is 1.82. The number of carbonyl (C=O) groups is 1. The van der Waals surface area contributed by atoms with Gasteiger partial charge in [0.15, 0.2) is 0 Å². The fraction of sp³-hybridized carbons (Fsp3) is 0.900. The molecule has 1 atom stereocenters. The summed E-state index contributed by atoms with van der Waals surface area (Å²) >= 11 is 0. The lowest BCUT2D eigenvalue weighted by Gasteiger charge is -2.35. The van der Waals surface area contributed by atoms with Gasteiger partial charge in [-0.1, -0.05) is 20.3 Å². The van der Waals surface area contributed by atoms with Crippen molar-refractivity contribution in [3.05, 3.63) is 0 Å². The molecule has 0 unspecified atom stereocenters. The summed E-state index contributed by atoms with van der Waals surface area (Å²) < 4.78 is 0. The quantitative estimate of drug-likeness (QED) is 0.640. The third kappa shape index (κ3) is 2.84. The third-order valence-electron chi connectivity index (χ3n) is 2.61. The predicted octanol–water partition coefficient (Wildman–Crippen LogP) is 2.09. The van der Waals surface area contributed by atoms with E-state index in [9.17, 15) is 4.79 Å². The Bertz CT molecular complexity index is 175. The Balaban J connectivity index is 2.41. The van der Waals surface area contributed by atoms with Gasteiger partial charge in [-0.15, -0.1) is 0 Å². The topological polar surface area (TPSA) is 29.1 Å². The second kappa shape index (κ2) is 3.46. The molecule has 2 heteroatoms. The van der Waals surface area contributed by atoms with Crippen LogP contribution in [0.25, 0.3) is 0 Å². The first-order valence-electron chi connectivity index (χ1n) is 4.77. The Morgan fingerprint density at radius 2 is 2.17 bits per heavy atom. The van der Waals surface area contributed by atoms with E-state index in [1.165, 1.54) is 12.8 Å². The van der Waals surface area contributed by atoms with Crippen molar-refractivity contribution in [1.82, 2.24) is 5.32 Å². The third-order valence-corrected chi connectivity index (χ3v) is 2.61. The van der Waals surface area contributed by atoms with Crippen LogP contribution in [0, 0.1) is 5.41 Å². The van der Waals surface area contributed by atoms with E-state index in [1.807, 2.05) is 0 Å². The molecule has 0 heterocycles. The maximum Gasteiger partial charge on any atom is 0.217 e. The highest BCUT2D eigenvalue weighted by atomic mass is 16.1. The minimum atomic E-state index is 0.109.